The average Bonchev–Trinajstić information content (AvgIpc) is 2.88. The van der Waals surface area contributed by atoms with Gasteiger partial charge in [-0.3, -0.25) is 0 Å². The number of aromatic nitrogens is 1. The zero-order valence-corrected chi connectivity index (χ0v) is 14.0. The molecule has 1 heterocycles. The molecule has 0 amide bonds. The molecule has 0 saturated heterocycles. The number of aromatic amines is 1. The van der Waals surface area contributed by atoms with Crippen molar-refractivity contribution in [2.45, 2.75) is 76.8 Å². The molecule has 1 aromatic carbocycles. The van der Waals surface area contributed by atoms with Crippen molar-refractivity contribution in [3.05, 3.63) is 35.0 Å². The zero-order valence-electron chi connectivity index (χ0n) is 14.0. The van der Waals surface area contributed by atoms with Gasteiger partial charge in [0.05, 0.1) is 5.54 Å². The summed E-state index contributed by atoms with van der Waals surface area (Å²) in [7, 11) is 0. The molecule has 1 saturated carbocycles. The molecule has 2 aliphatic carbocycles. The van der Waals surface area contributed by atoms with Gasteiger partial charge in [-0.2, -0.15) is 0 Å². The van der Waals surface area contributed by atoms with E-state index in [0.29, 0.717) is 6.04 Å². The van der Waals surface area contributed by atoms with Crippen LogP contribution in [0.15, 0.2) is 18.2 Å². The van der Waals surface area contributed by atoms with Crippen LogP contribution in [0.25, 0.3) is 10.9 Å². The first-order valence-electron chi connectivity index (χ1n) is 9.05. The highest BCUT2D eigenvalue weighted by atomic mass is 15.0. The molecular formula is C20H28N2. The summed E-state index contributed by atoms with van der Waals surface area (Å²) < 4.78 is 0. The predicted octanol–water partition coefficient (Wildman–Crippen LogP) is 4.95. The van der Waals surface area contributed by atoms with Gasteiger partial charge >= 0.3 is 0 Å². The van der Waals surface area contributed by atoms with E-state index in [4.69, 9.17) is 0 Å². The van der Waals surface area contributed by atoms with Crippen molar-refractivity contribution >= 4 is 10.9 Å². The summed E-state index contributed by atoms with van der Waals surface area (Å²) in [4.78, 5) is 3.76. The Labute approximate surface area is 133 Å². The fourth-order valence-electron chi connectivity index (χ4n) is 4.68. The molecule has 22 heavy (non-hydrogen) atoms. The zero-order chi connectivity index (χ0) is 15.2. The summed E-state index contributed by atoms with van der Waals surface area (Å²) in [6, 6.07) is 7.54. The Kier molecular flexibility index (Phi) is 3.53. The van der Waals surface area contributed by atoms with Crippen molar-refractivity contribution in [3.63, 3.8) is 0 Å². The number of benzene rings is 1. The molecule has 4 rings (SSSR count). The third-order valence-electron chi connectivity index (χ3n) is 5.84. The summed E-state index contributed by atoms with van der Waals surface area (Å²) >= 11 is 0. The van der Waals surface area contributed by atoms with Crippen LogP contribution in [0.5, 0.6) is 0 Å². The maximum atomic E-state index is 4.03. The average molecular weight is 296 g/mol. The second-order valence-electron chi connectivity index (χ2n) is 7.69. The molecule has 1 atom stereocenters. The Hall–Kier alpha value is -1.28. The van der Waals surface area contributed by atoms with Crippen LogP contribution in [0.2, 0.25) is 0 Å². The Balaban J connectivity index is 1.72. The maximum Gasteiger partial charge on any atom is 0.0563 e. The standard InChI is InChI=1S/C20H28N2/c1-14-10-11-18-17(13-14)16-9-6-12-20(2,19(16)21-18)22-15-7-4-3-5-8-15/h10-11,13,15,21-22H,3-9,12H2,1-2H3. The first-order valence-corrected chi connectivity index (χ1v) is 9.05. The van der Waals surface area contributed by atoms with E-state index in [1.807, 2.05) is 0 Å². The van der Waals surface area contributed by atoms with Crippen LogP contribution in [0.1, 0.15) is 68.7 Å². The van der Waals surface area contributed by atoms with Gasteiger partial charge in [0.15, 0.2) is 0 Å². The number of rotatable bonds is 2. The summed E-state index contributed by atoms with van der Waals surface area (Å²) in [6.45, 7) is 4.61. The topological polar surface area (TPSA) is 27.8 Å². The van der Waals surface area contributed by atoms with Crippen LogP contribution in [0.4, 0.5) is 0 Å². The van der Waals surface area contributed by atoms with E-state index >= 15 is 0 Å². The van der Waals surface area contributed by atoms with Crippen molar-refractivity contribution in [1.29, 1.82) is 0 Å². The molecule has 2 nitrogen and oxygen atoms in total. The van der Waals surface area contributed by atoms with Crippen LogP contribution in [-0.4, -0.2) is 11.0 Å². The minimum Gasteiger partial charge on any atom is -0.357 e. The van der Waals surface area contributed by atoms with E-state index in [-0.39, 0.29) is 5.54 Å². The lowest BCUT2D eigenvalue weighted by atomic mass is 9.80. The number of fused-ring (bicyclic) bond motifs is 3. The van der Waals surface area contributed by atoms with Crippen LogP contribution in [0.3, 0.4) is 0 Å². The molecule has 1 unspecified atom stereocenters. The van der Waals surface area contributed by atoms with Crippen LogP contribution >= 0.6 is 0 Å². The van der Waals surface area contributed by atoms with Gasteiger partial charge in [-0.15, -0.1) is 0 Å². The van der Waals surface area contributed by atoms with Crippen LogP contribution in [-0.2, 0) is 12.0 Å². The van der Waals surface area contributed by atoms with E-state index in [1.165, 1.54) is 73.5 Å². The lowest BCUT2D eigenvalue weighted by Gasteiger charge is -2.39. The Bertz CT molecular complexity index is 678. The minimum atomic E-state index is 0.127. The SMILES string of the molecule is Cc1ccc2[nH]c3c(c2c1)CCCC3(C)NC1CCCCC1. The quantitative estimate of drug-likeness (QED) is 0.806. The van der Waals surface area contributed by atoms with Gasteiger partial charge in [0, 0.05) is 22.6 Å². The normalized spacial score (nSPS) is 26.3. The smallest absolute Gasteiger partial charge is 0.0563 e. The lowest BCUT2D eigenvalue weighted by molar-refractivity contribution is 0.235. The van der Waals surface area contributed by atoms with E-state index in [0.717, 1.165) is 0 Å². The van der Waals surface area contributed by atoms with Crippen molar-refractivity contribution in [2.75, 3.05) is 0 Å². The molecule has 1 aromatic heterocycles. The lowest BCUT2D eigenvalue weighted by Crippen LogP contribution is -2.48. The second kappa shape index (κ2) is 5.42. The van der Waals surface area contributed by atoms with Gasteiger partial charge in [-0.1, -0.05) is 30.9 Å². The number of nitrogens with one attached hydrogen (secondary N) is 2. The first kappa shape index (κ1) is 14.3. The molecule has 2 aromatic rings. The highest BCUT2D eigenvalue weighted by Crippen LogP contribution is 2.40. The van der Waals surface area contributed by atoms with Gasteiger partial charge in [-0.25, -0.2) is 0 Å². The predicted molar refractivity (Wildman–Crippen MR) is 93.3 cm³/mol. The maximum absolute atomic E-state index is 4.03. The molecular weight excluding hydrogens is 268 g/mol. The summed E-state index contributed by atoms with van der Waals surface area (Å²) in [5.41, 5.74) is 5.83. The minimum absolute atomic E-state index is 0.127. The van der Waals surface area contributed by atoms with Gasteiger partial charge in [0.2, 0.25) is 0 Å². The molecule has 2 N–H and O–H groups in total. The summed E-state index contributed by atoms with van der Waals surface area (Å²) in [5.74, 6) is 0. The summed E-state index contributed by atoms with van der Waals surface area (Å²) in [6.07, 6.45) is 10.7. The van der Waals surface area contributed by atoms with E-state index in [1.54, 1.807) is 5.56 Å². The largest absolute Gasteiger partial charge is 0.357 e. The van der Waals surface area contributed by atoms with Gasteiger partial charge < -0.3 is 10.3 Å². The van der Waals surface area contributed by atoms with E-state index in [2.05, 4.69) is 42.3 Å². The van der Waals surface area contributed by atoms with Gasteiger partial charge in [0.25, 0.3) is 0 Å². The van der Waals surface area contributed by atoms with Crippen molar-refractivity contribution < 1.29 is 0 Å². The van der Waals surface area contributed by atoms with Gasteiger partial charge in [-0.05, 0) is 63.6 Å². The first-order chi connectivity index (χ1) is 10.7. The third kappa shape index (κ3) is 2.38. The molecule has 0 radical (unpaired) electrons. The molecule has 1 fully saturated rings. The van der Waals surface area contributed by atoms with Crippen molar-refractivity contribution in [3.8, 4) is 0 Å². The molecule has 2 heteroatoms. The molecule has 0 bridgehead atoms. The Morgan fingerprint density at radius 2 is 1.95 bits per heavy atom. The monoisotopic (exact) mass is 296 g/mol. The van der Waals surface area contributed by atoms with Gasteiger partial charge in [0.1, 0.15) is 0 Å². The van der Waals surface area contributed by atoms with Crippen molar-refractivity contribution in [2.24, 2.45) is 0 Å². The third-order valence-corrected chi connectivity index (χ3v) is 5.84. The molecule has 0 spiro atoms. The molecule has 118 valence electrons. The highest BCUT2D eigenvalue weighted by molar-refractivity contribution is 5.86. The van der Waals surface area contributed by atoms with Crippen molar-refractivity contribution in [1.82, 2.24) is 10.3 Å². The van der Waals surface area contributed by atoms with Crippen LogP contribution in [0, 0.1) is 6.92 Å². The fourth-order valence-corrected chi connectivity index (χ4v) is 4.68. The Morgan fingerprint density at radius 3 is 2.77 bits per heavy atom. The number of hydrogen-bond donors (Lipinski definition) is 2. The number of aryl methyl sites for hydroxylation is 2. The summed E-state index contributed by atoms with van der Waals surface area (Å²) in [5, 5.41) is 5.49. The Morgan fingerprint density at radius 1 is 1.14 bits per heavy atom. The molecule has 0 aliphatic heterocycles. The van der Waals surface area contributed by atoms with Crippen LogP contribution < -0.4 is 5.32 Å². The molecule has 2 aliphatic rings. The number of H-pyrrole nitrogens is 1. The highest BCUT2D eigenvalue weighted by Gasteiger charge is 2.36. The second-order valence-corrected chi connectivity index (χ2v) is 7.69. The number of hydrogen-bond acceptors (Lipinski definition) is 1. The fraction of sp³-hybridized carbons (Fsp3) is 0.600. The van der Waals surface area contributed by atoms with E-state index in [9.17, 15) is 0 Å². The van der Waals surface area contributed by atoms with E-state index < -0.39 is 0 Å².